The molecule has 1 aromatic carbocycles. The third-order valence-corrected chi connectivity index (χ3v) is 5.86. The Morgan fingerprint density at radius 1 is 1.23 bits per heavy atom. The summed E-state index contributed by atoms with van der Waals surface area (Å²) in [5.41, 5.74) is 2.94. The van der Waals surface area contributed by atoms with E-state index in [1.54, 1.807) is 24.3 Å². The molecule has 0 saturated heterocycles. The van der Waals surface area contributed by atoms with E-state index >= 15 is 0 Å². The number of nitrogens with zero attached hydrogens (tertiary/aromatic N) is 1. The van der Waals surface area contributed by atoms with Crippen molar-refractivity contribution < 1.29 is 14.2 Å². The summed E-state index contributed by atoms with van der Waals surface area (Å²) in [6, 6.07) is 6.71. The number of benzene rings is 1. The first kappa shape index (κ1) is 9.66. The van der Waals surface area contributed by atoms with Crippen molar-refractivity contribution in [3.63, 3.8) is 0 Å². The molecule has 0 spiro atoms. The van der Waals surface area contributed by atoms with Crippen LogP contribution in [-0.2, 0) is 13.4 Å². The molecule has 2 rings (SSSR count). The Morgan fingerprint density at radius 3 is 2.50 bits per heavy atom. The van der Waals surface area contributed by atoms with E-state index < -0.39 is 27.7 Å². The van der Waals surface area contributed by atoms with Gasteiger partial charge in [-0.25, -0.2) is 4.57 Å². The van der Waals surface area contributed by atoms with Gasteiger partial charge >= 0.3 is 0 Å². The average Bonchev–Trinajstić information content (AvgIpc) is 2.52. The van der Waals surface area contributed by atoms with Crippen molar-refractivity contribution in [3.05, 3.63) is 47.2 Å². The second-order valence-corrected chi connectivity index (χ2v) is 11.8. The molecule has 0 saturated carbocycles. The number of rotatable bonds is 4. The summed E-state index contributed by atoms with van der Waals surface area (Å²) in [4.78, 5) is 0. The van der Waals surface area contributed by atoms with Crippen LogP contribution in [0.1, 0.15) is 39.6 Å². The van der Waals surface area contributed by atoms with Crippen LogP contribution in [0.15, 0.2) is 30.5 Å². The Kier molecular flexibility index (Phi) is 2.80. The SMILES string of the molecule is [2H]C([2H])([2H])c1ccc(-c2cc(C([2H])([2H])C([2H])([2H])C)c([Si](C)(C)C)c[n+]2C)c(C)c1. The zero-order chi connectivity index (χ0) is 22.6. The van der Waals surface area contributed by atoms with Gasteiger partial charge in [-0.1, -0.05) is 50.6 Å². The van der Waals surface area contributed by atoms with E-state index in [1.807, 2.05) is 24.7 Å². The quantitative estimate of drug-likeness (QED) is 0.584. The summed E-state index contributed by atoms with van der Waals surface area (Å²) in [5.74, 6) is 0. The Balaban J connectivity index is 2.81. The number of pyridine rings is 1. The molecule has 0 fully saturated rings. The maximum Gasteiger partial charge on any atom is 0.212 e. The van der Waals surface area contributed by atoms with Crippen molar-refractivity contribution in [2.45, 2.75) is 53.1 Å². The molecule has 0 radical (unpaired) electrons. The van der Waals surface area contributed by atoms with Crippen LogP contribution in [0.2, 0.25) is 19.6 Å². The fraction of sp³-hybridized carbons (Fsp3) is 0.450. The highest BCUT2D eigenvalue weighted by Gasteiger charge is 2.25. The zero-order valence-corrected chi connectivity index (χ0v) is 15.3. The van der Waals surface area contributed by atoms with Gasteiger partial charge in [0.05, 0.1) is 8.07 Å². The van der Waals surface area contributed by atoms with Gasteiger partial charge in [0, 0.05) is 26.4 Å². The van der Waals surface area contributed by atoms with Crippen molar-refractivity contribution in [2.24, 2.45) is 7.05 Å². The number of hydrogen-bond donors (Lipinski definition) is 0. The first-order valence-corrected chi connectivity index (χ1v) is 11.0. The molecule has 2 aromatic rings. The third-order valence-electron chi connectivity index (χ3n) is 3.84. The highest BCUT2D eigenvalue weighted by Crippen LogP contribution is 2.23. The molecular weight excluding hydrogens is 282 g/mol. The normalized spacial score (nSPS) is 18.4. The molecule has 0 bridgehead atoms. The standard InChI is InChI=1S/C20H30NSi/c1-8-9-17-13-19(18-11-10-15(2)12-16(18)3)21(4)14-20(17)22(5,6)7/h10-14H,8-9H2,1-7H3/q+1/i2D3,8D2,9D2. The van der Waals surface area contributed by atoms with Gasteiger partial charge < -0.3 is 0 Å². The van der Waals surface area contributed by atoms with Crippen molar-refractivity contribution in [1.29, 1.82) is 0 Å². The Labute approximate surface area is 146 Å². The fourth-order valence-corrected chi connectivity index (χ4v) is 4.23. The zero-order valence-electron chi connectivity index (χ0n) is 21.3. The topological polar surface area (TPSA) is 3.88 Å². The molecule has 0 aliphatic rings. The van der Waals surface area contributed by atoms with Gasteiger partial charge in [-0.2, -0.15) is 0 Å². The second kappa shape index (κ2) is 6.37. The van der Waals surface area contributed by atoms with Crippen molar-refractivity contribution in [2.75, 3.05) is 0 Å². The Hall–Kier alpha value is -1.41. The van der Waals surface area contributed by atoms with Crippen LogP contribution in [0.3, 0.4) is 0 Å². The van der Waals surface area contributed by atoms with Crippen LogP contribution in [0.25, 0.3) is 11.3 Å². The summed E-state index contributed by atoms with van der Waals surface area (Å²) >= 11 is 0. The molecule has 1 nitrogen and oxygen atoms in total. The number of aryl methyl sites for hydroxylation is 4. The van der Waals surface area contributed by atoms with Gasteiger partial charge in [0.25, 0.3) is 0 Å². The average molecular weight is 320 g/mol. The molecule has 0 amide bonds. The lowest BCUT2D eigenvalue weighted by molar-refractivity contribution is -0.659. The van der Waals surface area contributed by atoms with E-state index in [0.717, 1.165) is 22.0 Å². The first-order valence-electron chi connectivity index (χ1n) is 11.0. The van der Waals surface area contributed by atoms with Gasteiger partial charge in [-0.05, 0) is 37.3 Å². The lowest BCUT2D eigenvalue weighted by atomic mass is 10.00. The Morgan fingerprint density at radius 2 is 1.95 bits per heavy atom. The molecule has 1 aromatic heterocycles. The highest BCUT2D eigenvalue weighted by atomic mass is 28.3. The van der Waals surface area contributed by atoms with Crippen LogP contribution in [0.5, 0.6) is 0 Å². The summed E-state index contributed by atoms with van der Waals surface area (Å²) in [5, 5.41) is 0.872. The predicted molar refractivity (Wildman–Crippen MR) is 99.5 cm³/mol. The van der Waals surface area contributed by atoms with Crippen LogP contribution in [-0.4, -0.2) is 8.07 Å². The summed E-state index contributed by atoms with van der Waals surface area (Å²) in [7, 11) is -0.0861. The summed E-state index contributed by atoms with van der Waals surface area (Å²) in [6.45, 7) is 7.26. The van der Waals surface area contributed by atoms with Crippen molar-refractivity contribution >= 4 is 13.3 Å². The van der Waals surface area contributed by atoms with Crippen LogP contribution >= 0.6 is 0 Å². The van der Waals surface area contributed by atoms with Crippen LogP contribution in [0.4, 0.5) is 0 Å². The largest absolute Gasteiger partial charge is 0.212 e. The number of hydrogen-bond acceptors (Lipinski definition) is 0. The lowest BCUT2D eigenvalue weighted by Gasteiger charge is -2.20. The smallest absolute Gasteiger partial charge is 0.201 e. The first-order chi connectivity index (χ1) is 12.9. The summed E-state index contributed by atoms with van der Waals surface area (Å²) < 4.78 is 58.1. The third kappa shape index (κ3) is 3.49. The predicted octanol–water partition coefficient (Wildman–Crippen LogP) is 4.29. The van der Waals surface area contributed by atoms with Gasteiger partial charge in [-0.3, -0.25) is 0 Å². The van der Waals surface area contributed by atoms with E-state index in [9.17, 15) is 0 Å². The van der Waals surface area contributed by atoms with E-state index in [1.165, 1.54) is 6.92 Å². The van der Waals surface area contributed by atoms with E-state index in [-0.39, 0.29) is 5.56 Å². The second-order valence-electron chi connectivity index (χ2n) is 6.75. The van der Waals surface area contributed by atoms with Crippen molar-refractivity contribution in [3.8, 4) is 11.3 Å². The van der Waals surface area contributed by atoms with Gasteiger partial charge in [0.2, 0.25) is 5.69 Å². The monoisotopic (exact) mass is 319 g/mol. The lowest BCUT2D eigenvalue weighted by Crippen LogP contribution is -2.47. The molecule has 2 heteroatoms. The highest BCUT2D eigenvalue weighted by molar-refractivity contribution is 6.88. The van der Waals surface area contributed by atoms with Crippen LogP contribution in [0, 0.1) is 13.8 Å². The molecule has 0 N–H and O–H groups in total. The maximum atomic E-state index is 8.57. The molecule has 22 heavy (non-hydrogen) atoms. The number of aromatic nitrogens is 1. The van der Waals surface area contributed by atoms with E-state index in [2.05, 4.69) is 19.6 Å². The molecule has 118 valence electrons. The minimum atomic E-state index is -2.19. The van der Waals surface area contributed by atoms with Gasteiger partial charge in [0.1, 0.15) is 7.05 Å². The van der Waals surface area contributed by atoms with Crippen molar-refractivity contribution in [1.82, 2.24) is 0 Å². The molecule has 0 aliphatic carbocycles. The minimum absolute atomic E-state index is 0.264. The molecular formula is C20H30NSi+. The molecule has 1 heterocycles. The maximum absolute atomic E-state index is 8.57. The minimum Gasteiger partial charge on any atom is -0.201 e. The molecule has 0 atom stereocenters. The van der Waals surface area contributed by atoms with Crippen LogP contribution < -0.4 is 9.75 Å². The molecule has 0 unspecified atom stereocenters. The molecule has 0 aliphatic heterocycles. The van der Waals surface area contributed by atoms with E-state index in [0.29, 0.717) is 5.56 Å². The summed E-state index contributed by atoms with van der Waals surface area (Å²) in [6.07, 6.45) is -2.31. The Bertz CT molecular complexity index is 922. The fourth-order valence-electron chi connectivity index (χ4n) is 2.70. The van der Waals surface area contributed by atoms with Gasteiger partial charge in [0.15, 0.2) is 6.20 Å². The van der Waals surface area contributed by atoms with E-state index in [4.69, 9.17) is 9.60 Å². The van der Waals surface area contributed by atoms with Gasteiger partial charge in [-0.15, -0.1) is 0 Å².